The number of rotatable bonds is 5. The third-order valence-electron chi connectivity index (χ3n) is 4.08. The summed E-state index contributed by atoms with van der Waals surface area (Å²) in [6.07, 6.45) is 6.05. The molecule has 100 valence electrons. The van der Waals surface area contributed by atoms with E-state index in [0.717, 1.165) is 12.3 Å². The summed E-state index contributed by atoms with van der Waals surface area (Å²) in [6.45, 7) is 4.89. The van der Waals surface area contributed by atoms with E-state index in [4.69, 9.17) is 0 Å². The van der Waals surface area contributed by atoms with Crippen LogP contribution < -0.4 is 5.32 Å². The largest absolute Gasteiger partial charge is 0.391 e. The second kappa shape index (κ2) is 6.24. The molecular formula is C16H25NO. The van der Waals surface area contributed by atoms with E-state index in [1.165, 1.54) is 42.5 Å². The first-order chi connectivity index (χ1) is 8.66. The van der Waals surface area contributed by atoms with Crippen molar-refractivity contribution in [1.82, 2.24) is 0 Å². The van der Waals surface area contributed by atoms with Gasteiger partial charge in [-0.05, 0) is 37.3 Å². The highest BCUT2D eigenvalue weighted by Crippen LogP contribution is 2.28. The Labute approximate surface area is 110 Å². The summed E-state index contributed by atoms with van der Waals surface area (Å²) in [5, 5.41) is 13.5. The van der Waals surface area contributed by atoms with E-state index in [2.05, 4.69) is 37.4 Å². The van der Waals surface area contributed by atoms with Crippen LogP contribution in [0.1, 0.15) is 43.2 Å². The Morgan fingerprint density at radius 1 is 1.22 bits per heavy atom. The Hall–Kier alpha value is -1.02. The van der Waals surface area contributed by atoms with Gasteiger partial charge in [-0.1, -0.05) is 43.9 Å². The maximum atomic E-state index is 10.1. The number of aliphatic hydroxyl groups is 1. The highest BCUT2D eigenvalue weighted by molar-refractivity contribution is 5.56. The minimum atomic E-state index is -0.216. The number of para-hydroxylation sites is 1. The van der Waals surface area contributed by atoms with Crippen LogP contribution in [0.4, 0.5) is 5.69 Å². The van der Waals surface area contributed by atoms with Crippen LogP contribution in [0, 0.1) is 19.8 Å². The number of benzene rings is 1. The van der Waals surface area contributed by atoms with E-state index in [0.29, 0.717) is 6.54 Å². The molecule has 1 aliphatic carbocycles. The molecule has 1 atom stereocenters. The highest BCUT2D eigenvalue weighted by atomic mass is 16.3. The van der Waals surface area contributed by atoms with Crippen molar-refractivity contribution in [1.29, 1.82) is 0 Å². The third-order valence-corrected chi connectivity index (χ3v) is 4.08. The molecule has 0 heterocycles. The van der Waals surface area contributed by atoms with Gasteiger partial charge in [0, 0.05) is 12.2 Å². The summed E-state index contributed by atoms with van der Waals surface area (Å²) < 4.78 is 0. The van der Waals surface area contributed by atoms with Gasteiger partial charge in [0.2, 0.25) is 0 Å². The lowest BCUT2D eigenvalue weighted by Crippen LogP contribution is -2.22. The molecule has 1 aliphatic rings. The fourth-order valence-electron chi connectivity index (χ4n) is 3.03. The van der Waals surface area contributed by atoms with Gasteiger partial charge >= 0.3 is 0 Å². The zero-order chi connectivity index (χ0) is 13.0. The van der Waals surface area contributed by atoms with Gasteiger partial charge in [-0.25, -0.2) is 0 Å². The number of aryl methyl sites for hydroxylation is 2. The Morgan fingerprint density at radius 3 is 2.44 bits per heavy atom. The Kier molecular flexibility index (Phi) is 4.65. The zero-order valence-corrected chi connectivity index (χ0v) is 11.6. The van der Waals surface area contributed by atoms with Crippen LogP contribution in [0.5, 0.6) is 0 Å². The summed E-state index contributed by atoms with van der Waals surface area (Å²) in [7, 11) is 0. The molecule has 1 unspecified atom stereocenters. The number of anilines is 1. The number of hydrogen-bond acceptors (Lipinski definition) is 2. The molecule has 2 nitrogen and oxygen atoms in total. The number of aliphatic hydroxyl groups excluding tert-OH is 1. The Morgan fingerprint density at radius 2 is 1.83 bits per heavy atom. The van der Waals surface area contributed by atoms with E-state index >= 15 is 0 Å². The van der Waals surface area contributed by atoms with E-state index in [1.54, 1.807) is 0 Å². The van der Waals surface area contributed by atoms with Gasteiger partial charge in [0.05, 0.1) is 6.10 Å². The quantitative estimate of drug-likeness (QED) is 0.832. The smallest absolute Gasteiger partial charge is 0.0715 e. The first-order valence-corrected chi connectivity index (χ1v) is 7.15. The monoisotopic (exact) mass is 247 g/mol. The molecule has 0 aromatic heterocycles. The molecule has 0 radical (unpaired) electrons. The Bertz CT molecular complexity index is 362. The molecule has 0 aliphatic heterocycles. The molecule has 1 aromatic carbocycles. The van der Waals surface area contributed by atoms with Gasteiger partial charge in [-0.3, -0.25) is 0 Å². The van der Waals surface area contributed by atoms with Crippen molar-refractivity contribution >= 4 is 5.69 Å². The minimum Gasteiger partial charge on any atom is -0.391 e. The van der Waals surface area contributed by atoms with Crippen molar-refractivity contribution in [2.75, 3.05) is 11.9 Å². The van der Waals surface area contributed by atoms with Crippen LogP contribution in [0.25, 0.3) is 0 Å². The molecule has 0 saturated heterocycles. The van der Waals surface area contributed by atoms with Crippen molar-refractivity contribution < 1.29 is 5.11 Å². The molecule has 2 rings (SSSR count). The maximum Gasteiger partial charge on any atom is 0.0715 e. The van der Waals surface area contributed by atoms with Crippen molar-refractivity contribution in [3.8, 4) is 0 Å². The molecule has 0 amide bonds. The van der Waals surface area contributed by atoms with E-state index in [1.807, 2.05) is 0 Å². The summed E-state index contributed by atoms with van der Waals surface area (Å²) in [4.78, 5) is 0. The molecule has 2 heteroatoms. The molecular weight excluding hydrogens is 222 g/mol. The molecule has 18 heavy (non-hydrogen) atoms. The van der Waals surface area contributed by atoms with Crippen molar-refractivity contribution in [3.63, 3.8) is 0 Å². The first kappa shape index (κ1) is 13.4. The van der Waals surface area contributed by atoms with E-state index in [-0.39, 0.29) is 6.10 Å². The average Bonchev–Trinajstić information content (AvgIpc) is 2.81. The summed E-state index contributed by atoms with van der Waals surface area (Å²) in [5.74, 6) is 0.750. The van der Waals surface area contributed by atoms with Crippen LogP contribution in [-0.2, 0) is 0 Å². The van der Waals surface area contributed by atoms with Crippen LogP contribution >= 0.6 is 0 Å². The normalized spacial score (nSPS) is 17.9. The first-order valence-electron chi connectivity index (χ1n) is 7.15. The van der Waals surface area contributed by atoms with E-state index < -0.39 is 0 Å². The van der Waals surface area contributed by atoms with Crippen LogP contribution in [0.3, 0.4) is 0 Å². The summed E-state index contributed by atoms with van der Waals surface area (Å²) in [5.41, 5.74) is 3.69. The number of hydrogen-bond donors (Lipinski definition) is 2. The highest BCUT2D eigenvalue weighted by Gasteiger charge is 2.18. The van der Waals surface area contributed by atoms with Gasteiger partial charge < -0.3 is 10.4 Å². The molecule has 1 fully saturated rings. The summed E-state index contributed by atoms with van der Waals surface area (Å²) in [6, 6.07) is 6.29. The van der Waals surface area contributed by atoms with Crippen molar-refractivity contribution in [2.45, 2.75) is 52.1 Å². The van der Waals surface area contributed by atoms with Crippen molar-refractivity contribution in [2.24, 2.45) is 5.92 Å². The molecule has 0 bridgehead atoms. The lowest BCUT2D eigenvalue weighted by Gasteiger charge is -2.18. The second-order valence-corrected chi connectivity index (χ2v) is 5.69. The fraction of sp³-hybridized carbons (Fsp3) is 0.625. The fourth-order valence-corrected chi connectivity index (χ4v) is 3.03. The average molecular weight is 247 g/mol. The van der Waals surface area contributed by atoms with Gasteiger partial charge in [0.1, 0.15) is 0 Å². The predicted molar refractivity (Wildman–Crippen MR) is 77.0 cm³/mol. The van der Waals surface area contributed by atoms with Crippen LogP contribution in [-0.4, -0.2) is 17.8 Å². The topological polar surface area (TPSA) is 32.3 Å². The zero-order valence-electron chi connectivity index (χ0n) is 11.6. The molecule has 2 N–H and O–H groups in total. The van der Waals surface area contributed by atoms with Gasteiger partial charge in [0.15, 0.2) is 0 Å². The van der Waals surface area contributed by atoms with Gasteiger partial charge in [-0.2, -0.15) is 0 Å². The number of nitrogens with one attached hydrogen (secondary N) is 1. The van der Waals surface area contributed by atoms with Gasteiger partial charge in [0.25, 0.3) is 0 Å². The minimum absolute atomic E-state index is 0.216. The SMILES string of the molecule is Cc1cccc(C)c1NCC(O)CC1CCCC1. The Balaban J connectivity index is 1.83. The predicted octanol–water partition coefficient (Wildman–Crippen LogP) is 3.66. The molecule has 1 aromatic rings. The lowest BCUT2D eigenvalue weighted by molar-refractivity contribution is 0.155. The van der Waals surface area contributed by atoms with Crippen LogP contribution in [0.15, 0.2) is 18.2 Å². The lowest BCUT2D eigenvalue weighted by atomic mass is 10.00. The maximum absolute atomic E-state index is 10.1. The molecule has 1 saturated carbocycles. The van der Waals surface area contributed by atoms with Crippen LogP contribution in [0.2, 0.25) is 0 Å². The third kappa shape index (κ3) is 3.49. The summed E-state index contributed by atoms with van der Waals surface area (Å²) >= 11 is 0. The van der Waals surface area contributed by atoms with E-state index in [9.17, 15) is 5.11 Å². The molecule has 0 spiro atoms. The van der Waals surface area contributed by atoms with Gasteiger partial charge in [-0.15, -0.1) is 0 Å². The van der Waals surface area contributed by atoms with Crippen molar-refractivity contribution in [3.05, 3.63) is 29.3 Å². The standard InChI is InChI=1S/C16H25NO/c1-12-6-5-7-13(2)16(12)17-11-15(18)10-14-8-3-4-9-14/h5-7,14-15,17-18H,3-4,8-11H2,1-2H3. The second-order valence-electron chi connectivity index (χ2n) is 5.69.